The number of hydrogen-bond donors (Lipinski definition) is 2. The molecule has 1 aromatic carbocycles. The summed E-state index contributed by atoms with van der Waals surface area (Å²) in [6.07, 6.45) is 4.77. The van der Waals surface area contributed by atoms with Crippen LogP contribution in [0.1, 0.15) is 11.3 Å². The Hall–Kier alpha value is -3.28. The van der Waals surface area contributed by atoms with Crippen molar-refractivity contribution in [3.63, 3.8) is 0 Å². The predicted molar refractivity (Wildman–Crippen MR) is 89.3 cm³/mol. The fourth-order valence-electron chi connectivity index (χ4n) is 2.28. The molecule has 6 heteroatoms. The number of benzene rings is 1. The number of pyridine rings is 1. The first kappa shape index (κ1) is 15.6. The van der Waals surface area contributed by atoms with Gasteiger partial charge in [0, 0.05) is 11.8 Å². The predicted octanol–water partition coefficient (Wildman–Crippen LogP) is 3.61. The second-order valence-electron chi connectivity index (χ2n) is 5.24. The molecule has 0 aliphatic carbocycles. The lowest BCUT2D eigenvalue weighted by Gasteiger charge is -2.22. The van der Waals surface area contributed by atoms with E-state index in [9.17, 15) is 9.90 Å². The summed E-state index contributed by atoms with van der Waals surface area (Å²) >= 11 is 0. The number of carbonyl (C=O) groups is 1. The number of anilines is 1. The van der Waals surface area contributed by atoms with Crippen molar-refractivity contribution in [1.29, 1.82) is 0 Å². The van der Waals surface area contributed by atoms with Gasteiger partial charge in [-0.05, 0) is 30.3 Å². The second-order valence-corrected chi connectivity index (χ2v) is 5.24. The molecule has 24 heavy (non-hydrogen) atoms. The van der Waals surface area contributed by atoms with Crippen molar-refractivity contribution >= 4 is 11.7 Å². The van der Waals surface area contributed by atoms with Crippen LogP contribution in [0, 0.1) is 0 Å². The zero-order valence-corrected chi connectivity index (χ0v) is 12.9. The van der Waals surface area contributed by atoms with Crippen LogP contribution in [-0.4, -0.2) is 21.0 Å². The fraction of sp³-hybridized carbons (Fsp3) is 0.111. The first-order valence-electron chi connectivity index (χ1n) is 7.47. The van der Waals surface area contributed by atoms with E-state index in [4.69, 9.17) is 4.42 Å². The summed E-state index contributed by atoms with van der Waals surface area (Å²) in [4.78, 5) is 18.2. The SMILES string of the molecule is O=C(Nc1cccnc1)N(Cc1ccco1)Cc1ccccc1O. The van der Waals surface area contributed by atoms with Gasteiger partial charge in [-0.15, -0.1) is 0 Å². The van der Waals surface area contributed by atoms with Gasteiger partial charge < -0.3 is 19.7 Å². The number of amides is 2. The maximum atomic E-state index is 12.6. The Morgan fingerprint density at radius 2 is 2.00 bits per heavy atom. The molecule has 0 bridgehead atoms. The molecule has 0 aliphatic heterocycles. The number of carbonyl (C=O) groups excluding carboxylic acids is 1. The molecule has 0 atom stereocenters. The Labute approximate surface area is 139 Å². The van der Waals surface area contributed by atoms with Gasteiger partial charge in [-0.1, -0.05) is 18.2 Å². The number of nitrogens with zero attached hydrogens (tertiary/aromatic N) is 2. The van der Waals surface area contributed by atoms with Gasteiger partial charge in [-0.2, -0.15) is 0 Å². The van der Waals surface area contributed by atoms with Gasteiger partial charge in [-0.25, -0.2) is 4.79 Å². The number of aromatic hydroxyl groups is 1. The Balaban J connectivity index is 1.78. The van der Waals surface area contributed by atoms with Gasteiger partial charge in [0.2, 0.25) is 0 Å². The van der Waals surface area contributed by atoms with Crippen molar-refractivity contribution in [2.75, 3.05) is 5.32 Å². The minimum Gasteiger partial charge on any atom is -0.508 e. The number of phenols is 1. The molecule has 0 unspecified atom stereocenters. The zero-order chi connectivity index (χ0) is 16.8. The molecule has 122 valence electrons. The minimum absolute atomic E-state index is 0.149. The normalized spacial score (nSPS) is 10.3. The number of aromatic nitrogens is 1. The fourth-order valence-corrected chi connectivity index (χ4v) is 2.28. The molecule has 2 N–H and O–H groups in total. The zero-order valence-electron chi connectivity index (χ0n) is 12.9. The monoisotopic (exact) mass is 323 g/mol. The summed E-state index contributed by atoms with van der Waals surface area (Å²) < 4.78 is 5.34. The van der Waals surface area contributed by atoms with Crippen molar-refractivity contribution in [2.24, 2.45) is 0 Å². The highest BCUT2D eigenvalue weighted by Gasteiger charge is 2.17. The summed E-state index contributed by atoms with van der Waals surface area (Å²) in [5, 5.41) is 12.8. The smallest absolute Gasteiger partial charge is 0.322 e. The number of phenolic OH excluding ortho intramolecular Hbond substituents is 1. The lowest BCUT2D eigenvalue weighted by atomic mass is 10.2. The number of nitrogens with one attached hydrogen (secondary N) is 1. The van der Waals surface area contributed by atoms with E-state index >= 15 is 0 Å². The van der Waals surface area contributed by atoms with Gasteiger partial charge >= 0.3 is 6.03 Å². The van der Waals surface area contributed by atoms with Crippen molar-refractivity contribution < 1.29 is 14.3 Å². The van der Waals surface area contributed by atoms with Gasteiger partial charge in [0.25, 0.3) is 0 Å². The van der Waals surface area contributed by atoms with E-state index < -0.39 is 0 Å². The third-order valence-corrected chi connectivity index (χ3v) is 3.48. The number of furan rings is 1. The maximum absolute atomic E-state index is 12.6. The van der Waals surface area contributed by atoms with Gasteiger partial charge in [0.05, 0.1) is 31.2 Å². The molecule has 0 fully saturated rings. The molecule has 2 heterocycles. The first-order valence-corrected chi connectivity index (χ1v) is 7.47. The van der Waals surface area contributed by atoms with Gasteiger partial charge in [0.1, 0.15) is 11.5 Å². The molecule has 3 aromatic rings. The number of hydrogen-bond acceptors (Lipinski definition) is 4. The molecular formula is C18H17N3O3. The van der Waals surface area contributed by atoms with E-state index in [0.717, 1.165) is 0 Å². The van der Waals surface area contributed by atoms with Crippen LogP contribution in [0.25, 0.3) is 0 Å². The van der Waals surface area contributed by atoms with Crippen molar-refractivity contribution in [3.8, 4) is 5.75 Å². The van der Waals surface area contributed by atoms with E-state index in [2.05, 4.69) is 10.3 Å². The molecule has 0 saturated heterocycles. The van der Waals surface area contributed by atoms with Crippen molar-refractivity contribution in [2.45, 2.75) is 13.1 Å². The van der Waals surface area contributed by atoms with Crippen LogP contribution in [0.4, 0.5) is 10.5 Å². The maximum Gasteiger partial charge on any atom is 0.322 e. The molecule has 6 nitrogen and oxygen atoms in total. The molecular weight excluding hydrogens is 306 g/mol. The summed E-state index contributed by atoms with van der Waals surface area (Å²) in [6.45, 7) is 0.535. The first-order chi connectivity index (χ1) is 11.7. The van der Waals surface area contributed by atoms with Gasteiger partial charge in [-0.3, -0.25) is 4.98 Å². The van der Waals surface area contributed by atoms with Crippen molar-refractivity contribution in [3.05, 3.63) is 78.5 Å². The average molecular weight is 323 g/mol. The molecule has 0 aliphatic rings. The average Bonchev–Trinajstić information content (AvgIpc) is 3.10. The Kier molecular flexibility index (Phi) is 4.76. The summed E-state index contributed by atoms with van der Waals surface area (Å²) in [5.74, 6) is 0.808. The van der Waals surface area contributed by atoms with E-state index in [0.29, 0.717) is 17.0 Å². The lowest BCUT2D eigenvalue weighted by molar-refractivity contribution is 0.200. The standard InChI is InChI=1S/C18H17N3O3/c22-17-8-2-1-5-14(17)12-21(13-16-7-4-10-24-16)18(23)20-15-6-3-9-19-11-15/h1-11,22H,12-13H2,(H,20,23). The van der Waals surface area contributed by atoms with Crippen molar-refractivity contribution in [1.82, 2.24) is 9.88 Å². The van der Waals surface area contributed by atoms with Crippen LogP contribution < -0.4 is 5.32 Å². The molecule has 3 rings (SSSR count). The topological polar surface area (TPSA) is 78.6 Å². The highest BCUT2D eigenvalue weighted by Crippen LogP contribution is 2.20. The third-order valence-electron chi connectivity index (χ3n) is 3.48. The van der Waals surface area contributed by atoms with E-state index in [1.165, 1.54) is 0 Å². The molecule has 2 amide bonds. The number of rotatable bonds is 5. The minimum atomic E-state index is -0.303. The Morgan fingerprint density at radius 1 is 1.12 bits per heavy atom. The highest BCUT2D eigenvalue weighted by atomic mass is 16.3. The third kappa shape index (κ3) is 3.92. The molecule has 0 saturated carbocycles. The van der Waals surface area contributed by atoms with Gasteiger partial charge in [0.15, 0.2) is 0 Å². The molecule has 0 spiro atoms. The van der Waals surface area contributed by atoms with Crippen LogP contribution in [0.5, 0.6) is 5.75 Å². The Morgan fingerprint density at radius 3 is 2.71 bits per heavy atom. The summed E-state index contributed by atoms with van der Waals surface area (Å²) in [5.41, 5.74) is 1.26. The van der Waals surface area contributed by atoms with Crippen LogP contribution in [0.15, 0.2) is 71.6 Å². The van der Waals surface area contributed by atoms with Crippen LogP contribution >= 0.6 is 0 Å². The quantitative estimate of drug-likeness (QED) is 0.752. The van der Waals surface area contributed by atoms with Crippen LogP contribution in [0.2, 0.25) is 0 Å². The lowest BCUT2D eigenvalue weighted by Crippen LogP contribution is -2.34. The Bertz CT molecular complexity index is 788. The van der Waals surface area contributed by atoms with E-state index in [1.807, 2.05) is 6.07 Å². The number of para-hydroxylation sites is 1. The largest absolute Gasteiger partial charge is 0.508 e. The second kappa shape index (κ2) is 7.32. The van der Waals surface area contributed by atoms with E-state index in [1.54, 1.807) is 66.0 Å². The highest BCUT2D eigenvalue weighted by molar-refractivity contribution is 5.89. The summed E-state index contributed by atoms with van der Waals surface area (Å²) in [7, 11) is 0. The number of urea groups is 1. The van der Waals surface area contributed by atoms with E-state index in [-0.39, 0.29) is 24.9 Å². The molecule has 0 radical (unpaired) electrons. The summed E-state index contributed by atoms with van der Waals surface area (Å²) in [6, 6.07) is 13.7. The van der Waals surface area contributed by atoms with Crippen LogP contribution in [0.3, 0.4) is 0 Å². The van der Waals surface area contributed by atoms with Crippen LogP contribution in [-0.2, 0) is 13.1 Å². The molecule has 2 aromatic heterocycles.